The number of aldehydes is 1. The Morgan fingerprint density at radius 3 is 2.55 bits per heavy atom. The highest BCUT2D eigenvalue weighted by atomic mass is 19.4. The predicted molar refractivity (Wildman–Crippen MR) is 115 cm³/mol. The lowest BCUT2D eigenvalue weighted by Crippen LogP contribution is -2.18. The van der Waals surface area contributed by atoms with Gasteiger partial charge in [-0.1, -0.05) is 0 Å². The number of hydrogen-bond donors (Lipinski definition) is 1. The minimum absolute atomic E-state index is 0.149. The number of nitrogens with zero attached hydrogens (tertiary/aromatic N) is 3. The van der Waals surface area contributed by atoms with E-state index in [0.29, 0.717) is 29.2 Å². The number of fused-ring (bicyclic) bond motifs is 1. The largest absolute Gasteiger partial charge is 0.496 e. The van der Waals surface area contributed by atoms with Crippen LogP contribution in [-0.4, -0.2) is 34.1 Å². The van der Waals surface area contributed by atoms with Gasteiger partial charge in [-0.2, -0.15) is 18.3 Å². The van der Waals surface area contributed by atoms with Gasteiger partial charge in [-0.3, -0.25) is 9.48 Å². The zero-order valence-corrected chi connectivity index (χ0v) is 17.9. The van der Waals surface area contributed by atoms with Gasteiger partial charge in [0.2, 0.25) is 0 Å². The first kappa shape index (κ1) is 22.8. The summed E-state index contributed by atoms with van der Waals surface area (Å²) in [6.45, 7) is 0. The van der Waals surface area contributed by atoms with Gasteiger partial charge in [0.05, 0.1) is 18.7 Å². The van der Waals surface area contributed by atoms with E-state index in [0.717, 1.165) is 43.4 Å². The zero-order valence-electron chi connectivity index (χ0n) is 17.9. The molecule has 0 bridgehead atoms. The van der Waals surface area contributed by atoms with Crippen LogP contribution in [0.3, 0.4) is 0 Å². The van der Waals surface area contributed by atoms with Gasteiger partial charge < -0.3 is 15.3 Å². The summed E-state index contributed by atoms with van der Waals surface area (Å²) in [6.07, 6.45) is 2.44. The maximum absolute atomic E-state index is 13.1. The third kappa shape index (κ3) is 4.55. The van der Waals surface area contributed by atoms with Crippen LogP contribution in [0.25, 0.3) is 22.0 Å². The van der Waals surface area contributed by atoms with Gasteiger partial charge >= 0.3 is 6.18 Å². The summed E-state index contributed by atoms with van der Waals surface area (Å²) in [5, 5.41) is 5.41. The molecule has 10 heteroatoms. The number of carbonyl (C=O) groups excluding carboxylic acids is 2. The first-order chi connectivity index (χ1) is 15.7. The van der Waals surface area contributed by atoms with E-state index in [1.165, 1.54) is 13.2 Å². The minimum Gasteiger partial charge on any atom is -0.496 e. The van der Waals surface area contributed by atoms with Crippen LogP contribution in [0.5, 0.6) is 5.75 Å². The van der Waals surface area contributed by atoms with E-state index in [4.69, 9.17) is 10.5 Å². The predicted octanol–water partition coefficient (Wildman–Crippen LogP) is 4.54. The number of primary amides is 1. The maximum atomic E-state index is 13.1. The molecular weight excluding hydrogens is 437 g/mol. The van der Waals surface area contributed by atoms with Crippen molar-refractivity contribution in [1.82, 2.24) is 14.8 Å². The number of methoxy groups -OCH3 is 1. The third-order valence-corrected chi connectivity index (χ3v) is 6.17. The van der Waals surface area contributed by atoms with Gasteiger partial charge in [0.1, 0.15) is 23.4 Å². The zero-order chi connectivity index (χ0) is 23.8. The fraction of sp³-hybridized carbons (Fsp3) is 0.391. The summed E-state index contributed by atoms with van der Waals surface area (Å²) in [7, 11) is 1.43. The molecule has 0 unspecified atom stereocenters. The van der Waals surface area contributed by atoms with Crippen LogP contribution in [0.4, 0.5) is 13.2 Å². The molecule has 1 aromatic carbocycles. The number of nitrogens with two attached hydrogens (primary N) is 1. The summed E-state index contributed by atoms with van der Waals surface area (Å²) in [4.78, 5) is 26.2. The number of halogens is 3. The second kappa shape index (κ2) is 8.84. The number of aromatic nitrogens is 3. The van der Waals surface area contributed by atoms with Crippen molar-refractivity contribution in [2.24, 2.45) is 11.7 Å². The number of benzene rings is 1. The monoisotopic (exact) mass is 460 g/mol. The van der Waals surface area contributed by atoms with Gasteiger partial charge in [0, 0.05) is 35.2 Å². The van der Waals surface area contributed by atoms with Crippen molar-refractivity contribution in [1.29, 1.82) is 0 Å². The van der Waals surface area contributed by atoms with Crippen LogP contribution in [-0.2, 0) is 11.0 Å². The lowest BCUT2D eigenvalue weighted by Gasteiger charge is -2.27. The van der Waals surface area contributed by atoms with Crippen LogP contribution >= 0.6 is 0 Å². The Bertz CT molecular complexity index is 1200. The molecule has 1 saturated carbocycles. The van der Waals surface area contributed by atoms with Crippen LogP contribution < -0.4 is 10.5 Å². The van der Waals surface area contributed by atoms with Crippen molar-refractivity contribution in [3.8, 4) is 16.9 Å². The normalized spacial score (nSPS) is 18.9. The summed E-state index contributed by atoms with van der Waals surface area (Å²) < 4.78 is 46.6. The fourth-order valence-electron chi connectivity index (χ4n) is 4.44. The van der Waals surface area contributed by atoms with Crippen LogP contribution in [0.15, 0.2) is 30.5 Å². The number of alkyl halides is 3. The highest BCUT2D eigenvalue weighted by Crippen LogP contribution is 2.39. The van der Waals surface area contributed by atoms with Crippen molar-refractivity contribution in [2.45, 2.75) is 44.3 Å². The third-order valence-electron chi connectivity index (χ3n) is 6.17. The Kier molecular flexibility index (Phi) is 6.09. The Morgan fingerprint density at radius 2 is 1.94 bits per heavy atom. The van der Waals surface area contributed by atoms with Gasteiger partial charge in [0.25, 0.3) is 5.91 Å². The van der Waals surface area contributed by atoms with E-state index in [-0.39, 0.29) is 11.6 Å². The van der Waals surface area contributed by atoms with Gasteiger partial charge in [-0.05, 0) is 49.8 Å². The topological polar surface area (TPSA) is 100 Å². The molecule has 3 aromatic rings. The lowest BCUT2D eigenvalue weighted by atomic mass is 9.84. The molecule has 0 spiro atoms. The standard InChI is InChI=1S/C23H23F3N4O3/c1-33-19-11-18-14(12-30(29-18)15-4-2-13(3-5-15)8-9-31)10-17(19)16-6-7-20(23(24,25)26)28-21(16)22(27)32/h6-7,9-13,15H,2-5,8H2,1H3,(H2,27,32). The molecule has 7 nitrogen and oxygen atoms in total. The average molecular weight is 460 g/mol. The maximum Gasteiger partial charge on any atom is 0.433 e. The second-order valence-corrected chi connectivity index (χ2v) is 8.25. The quantitative estimate of drug-likeness (QED) is 0.544. The van der Waals surface area contributed by atoms with Crippen molar-refractivity contribution in [3.63, 3.8) is 0 Å². The molecule has 2 heterocycles. The molecule has 1 amide bonds. The van der Waals surface area contributed by atoms with Crippen molar-refractivity contribution in [2.75, 3.05) is 7.11 Å². The van der Waals surface area contributed by atoms with E-state index < -0.39 is 23.5 Å². The van der Waals surface area contributed by atoms with Crippen LogP contribution in [0.1, 0.15) is 54.3 Å². The number of amides is 1. The molecule has 0 radical (unpaired) electrons. The number of pyridine rings is 1. The highest BCUT2D eigenvalue weighted by molar-refractivity contribution is 6.00. The molecule has 1 fully saturated rings. The van der Waals surface area contributed by atoms with E-state index in [9.17, 15) is 22.8 Å². The number of carbonyl (C=O) groups is 2. The first-order valence-electron chi connectivity index (χ1n) is 10.6. The molecule has 2 aromatic heterocycles. The van der Waals surface area contributed by atoms with Gasteiger partial charge in [-0.25, -0.2) is 4.98 Å². The molecular formula is C23H23F3N4O3. The lowest BCUT2D eigenvalue weighted by molar-refractivity contribution is -0.141. The molecule has 2 N–H and O–H groups in total. The first-order valence-corrected chi connectivity index (χ1v) is 10.6. The van der Waals surface area contributed by atoms with Crippen LogP contribution in [0.2, 0.25) is 0 Å². The molecule has 0 atom stereocenters. The molecule has 4 rings (SSSR count). The van der Waals surface area contributed by atoms with Crippen molar-refractivity contribution < 1.29 is 27.5 Å². The summed E-state index contributed by atoms with van der Waals surface area (Å²) >= 11 is 0. The van der Waals surface area contributed by atoms with Gasteiger partial charge in [0.15, 0.2) is 0 Å². The Morgan fingerprint density at radius 1 is 1.21 bits per heavy atom. The highest BCUT2D eigenvalue weighted by Gasteiger charge is 2.34. The molecule has 0 saturated heterocycles. The smallest absolute Gasteiger partial charge is 0.433 e. The number of hydrogen-bond acceptors (Lipinski definition) is 5. The summed E-state index contributed by atoms with van der Waals surface area (Å²) in [5.74, 6) is -0.317. The molecule has 0 aliphatic heterocycles. The molecule has 33 heavy (non-hydrogen) atoms. The van der Waals surface area contributed by atoms with E-state index in [1.807, 2.05) is 10.9 Å². The van der Waals surface area contributed by atoms with E-state index >= 15 is 0 Å². The Balaban J connectivity index is 1.73. The Labute approximate surface area is 187 Å². The SMILES string of the molecule is COc1cc2nn(C3CCC(CC=O)CC3)cc2cc1-c1ccc(C(F)(F)F)nc1C(N)=O. The van der Waals surface area contributed by atoms with Crippen molar-refractivity contribution in [3.05, 3.63) is 41.9 Å². The summed E-state index contributed by atoms with van der Waals surface area (Å²) in [5.41, 5.74) is 4.88. The number of ether oxygens (including phenoxy) is 1. The minimum atomic E-state index is -4.71. The Hall–Kier alpha value is -3.43. The number of rotatable bonds is 6. The molecule has 1 aliphatic rings. The second-order valence-electron chi connectivity index (χ2n) is 8.25. The molecule has 1 aliphatic carbocycles. The van der Waals surface area contributed by atoms with Gasteiger partial charge in [-0.15, -0.1) is 0 Å². The molecule has 174 valence electrons. The fourth-order valence-corrected chi connectivity index (χ4v) is 4.44. The van der Waals surface area contributed by atoms with Crippen LogP contribution in [0, 0.1) is 5.92 Å². The summed E-state index contributed by atoms with van der Waals surface area (Å²) in [6, 6.07) is 5.59. The van der Waals surface area contributed by atoms with E-state index in [1.54, 1.807) is 12.1 Å². The van der Waals surface area contributed by atoms with E-state index in [2.05, 4.69) is 10.1 Å². The van der Waals surface area contributed by atoms with Crippen molar-refractivity contribution >= 4 is 23.1 Å². The average Bonchev–Trinajstić information content (AvgIpc) is 3.20.